The van der Waals surface area contributed by atoms with Gasteiger partial charge in [0.2, 0.25) is 5.95 Å². The molecule has 2 aliphatic rings. The number of hydrogen-bond donors (Lipinski definition) is 2. The summed E-state index contributed by atoms with van der Waals surface area (Å²) in [5, 5.41) is 19.5. The fraction of sp³-hybridized carbons (Fsp3) is 0.432. The molecule has 246 valence electrons. The van der Waals surface area contributed by atoms with Gasteiger partial charge < -0.3 is 24.4 Å². The average molecular weight is 628 g/mol. The first-order valence-electron chi connectivity index (χ1n) is 16.0. The van der Waals surface area contributed by atoms with E-state index in [4.69, 9.17) is 19.8 Å². The van der Waals surface area contributed by atoms with E-state index in [2.05, 4.69) is 71.7 Å². The summed E-state index contributed by atoms with van der Waals surface area (Å²) in [5.41, 5.74) is 8.97. The molecule has 1 fully saturated rings. The molecule has 0 bridgehead atoms. The summed E-state index contributed by atoms with van der Waals surface area (Å²) in [7, 11) is 0. The second-order valence-corrected chi connectivity index (χ2v) is 12.9. The van der Waals surface area contributed by atoms with Crippen molar-refractivity contribution in [3.05, 3.63) is 83.8 Å². The lowest BCUT2D eigenvalue weighted by Gasteiger charge is -2.33. The number of aliphatic hydroxyl groups is 1. The van der Waals surface area contributed by atoms with E-state index in [0.717, 1.165) is 96.8 Å². The standard InChI is InChI=1S/C31H35N5O3.C4H10O.C2H4/c1-20-4-6-24(7-5-20)28-25(17-27(37)38)22(3)29-30-26(28)16-21(2)35(30)10-11-36(29)31-32-18-23(19-33-31)8-9-34-12-14-39-15-13-34;1-4(2,3)5;1-2/h4-7,16,18-19H,8-15,17H2,1-3H3,(H,37,38);5H,1-3H3;1-2H2. The van der Waals surface area contributed by atoms with Crippen molar-refractivity contribution in [2.45, 2.75) is 66.5 Å². The number of carboxylic acids is 1. The number of nitrogens with zero attached hydrogens (tertiary/aromatic N) is 5. The first-order chi connectivity index (χ1) is 21.9. The molecule has 9 heteroatoms. The van der Waals surface area contributed by atoms with Gasteiger partial charge in [0.15, 0.2) is 0 Å². The third kappa shape index (κ3) is 8.20. The van der Waals surface area contributed by atoms with Crippen LogP contribution in [0.15, 0.2) is 55.9 Å². The highest BCUT2D eigenvalue weighted by Gasteiger charge is 2.30. The minimum Gasteiger partial charge on any atom is -0.481 e. The fourth-order valence-electron chi connectivity index (χ4n) is 6.07. The van der Waals surface area contributed by atoms with E-state index in [1.54, 1.807) is 20.8 Å². The molecule has 2 aromatic carbocycles. The van der Waals surface area contributed by atoms with E-state index in [0.29, 0.717) is 5.95 Å². The van der Waals surface area contributed by atoms with Crippen LogP contribution in [-0.2, 0) is 28.9 Å². The number of hydrogen-bond acceptors (Lipinski definition) is 7. The zero-order chi connectivity index (χ0) is 33.6. The zero-order valence-corrected chi connectivity index (χ0v) is 28.3. The number of morpholine rings is 1. The van der Waals surface area contributed by atoms with Crippen LogP contribution in [0.4, 0.5) is 11.6 Å². The maximum atomic E-state index is 12.1. The third-order valence-electron chi connectivity index (χ3n) is 8.15. The van der Waals surface area contributed by atoms with Crippen molar-refractivity contribution in [3.63, 3.8) is 0 Å². The van der Waals surface area contributed by atoms with Crippen molar-refractivity contribution < 1.29 is 19.7 Å². The minimum atomic E-state index is -0.836. The smallest absolute Gasteiger partial charge is 0.307 e. The maximum absolute atomic E-state index is 12.1. The van der Waals surface area contributed by atoms with Gasteiger partial charge in [-0.1, -0.05) is 29.8 Å². The van der Waals surface area contributed by atoms with Crippen molar-refractivity contribution in [1.29, 1.82) is 0 Å². The lowest BCUT2D eigenvalue weighted by molar-refractivity contribution is -0.136. The molecular weight excluding hydrogens is 578 g/mol. The highest BCUT2D eigenvalue weighted by atomic mass is 16.5. The number of carbonyl (C=O) groups is 1. The zero-order valence-electron chi connectivity index (χ0n) is 28.3. The van der Waals surface area contributed by atoms with Crippen molar-refractivity contribution >= 4 is 28.5 Å². The van der Waals surface area contributed by atoms with Gasteiger partial charge in [0.25, 0.3) is 0 Å². The topological polar surface area (TPSA) is 104 Å². The molecule has 46 heavy (non-hydrogen) atoms. The SMILES string of the molecule is C=C.CC(C)(C)O.Cc1ccc(-c2c(CC(=O)O)c(C)c3c4c2cc(C)n4CCN3c2ncc(CCN3CCOCC3)cn2)cc1. The molecule has 2 aromatic heterocycles. The summed E-state index contributed by atoms with van der Waals surface area (Å²) >= 11 is 0. The van der Waals surface area contributed by atoms with Crippen LogP contribution in [0.5, 0.6) is 0 Å². The molecule has 0 spiro atoms. The molecule has 0 radical (unpaired) electrons. The summed E-state index contributed by atoms with van der Waals surface area (Å²) in [4.78, 5) is 26.3. The lowest BCUT2D eigenvalue weighted by Crippen LogP contribution is -2.37. The van der Waals surface area contributed by atoms with Crippen molar-refractivity contribution in [2.24, 2.45) is 0 Å². The number of aliphatic carboxylic acids is 1. The number of benzene rings is 2. The summed E-state index contributed by atoms with van der Waals surface area (Å²) in [5.74, 6) is -0.179. The Morgan fingerprint density at radius 1 is 0.978 bits per heavy atom. The van der Waals surface area contributed by atoms with Crippen LogP contribution in [-0.4, -0.2) is 80.6 Å². The predicted octanol–water partition coefficient (Wildman–Crippen LogP) is 6.26. The number of aryl methyl sites for hydroxylation is 2. The van der Waals surface area contributed by atoms with Gasteiger partial charge >= 0.3 is 5.97 Å². The van der Waals surface area contributed by atoms with E-state index in [1.165, 1.54) is 11.3 Å². The Morgan fingerprint density at radius 3 is 2.17 bits per heavy atom. The van der Waals surface area contributed by atoms with Gasteiger partial charge in [-0.2, -0.15) is 0 Å². The summed E-state index contributed by atoms with van der Waals surface area (Å²) in [6.45, 7) is 23.5. The quantitative estimate of drug-likeness (QED) is 0.232. The van der Waals surface area contributed by atoms with E-state index in [1.807, 2.05) is 19.3 Å². The van der Waals surface area contributed by atoms with Crippen LogP contribution >= 0.6 is 0 Å². The Morgan fingerprint density at radius 2 is 1.59 bits per heavy atom. The van der Waals surface area contributed by atoms with Gasteiger partial charge in [0.1, 0.15) is 0 Å². The van der Waals surface area contributed by atoms with Crippen LogP contribution < -0.4 is 4.90 Å². The Hall–Kier alpha value is -4.05. The lowest BCUT2D eigenvalue weighted by atomic mass is 9.88. The fourth-order valence-corrected chi connectivity index (χ4v) is 6.07. The van der Waals surface area contributed by atoms with E-state index in [9.17, 15) is 9.90 Å². The second kappa shape index (κ2) is 15.0. The second-order valence-electron chi connectivity index (χ2n) is 12.9. The molecular formula is C37H49N5O4. The van der Waals surface area contributed by atoms with Gasteiger partial charge in [0.05, 0.1) is 36.4 Å². The van der Waals surface area contributed by atoms with Gasteiger partial charge in [-0.25, -0.2) is 9.97 Å². The summed E-state index contributed by atoms with van der Waals surface area (Å²) in [6, 6.07) is 10.6. The Labute approximate surface area is 273 Å². The molecule has 0 atom stereocenters. The first-order valence-corrected chi connectivity index (χ1v) is 16.0. The largest absolute Gasteiger partial charge is 0.481 e. The number of rotatable bonds is 7. The minimum absolute atomic E-state index is 0.0443. The van der Waals surface area contributed by atoms with Crippen LogP contribution in [0.25, 0.3) is 22.0 Å². The van der Waals surface area contributed by atoms with Gasteiger partial charge in [-0.05, 0) is 81.8 Å². The van der Waals surface area contributed by atoms with Crippen LogP contribution in [0.1, 0.15) is 48.7 Å². The van der Waals surface area contributed by atoms with Crippen LogP contribution in [0.2, 0.25) is 0 Å². The molecule has 1 saturated heterocycles. The highest BCUT2D eigenvalue weighted by Crippen LogP contribution is 2.46. The Balaban J connectivity index is 0.000000628. The molecule has 2 N–H and O–H groups in total. The van der Waals surface area contributed by atoms with E-state index < -0.39 is 11.6 Å². The Bertz CT molecular complexity index is 1630. The van der Waals surface area contributed by atoms with Crippen molar-refractivity contribution in [3.8, 4) is 11.1 Å². The molecule has 6 rings (SSSR count). The number of anilines is 2. The molecule has 0 aliphatic carbocycles. The molecule has 4 heterocycles. The maximum Gasteiger partial charge on any atom is 0.307 e. The number of ether oxygens (including phenoxy) is 1. The average Bonchev–Trinajstić information content (AvgIpc) is 3.36. The van der Waals surface area contributed by atoms with Crippen LogP contribution in [0.3, 0.4) is 0 Å². The van der Waals surface area contributed by atoms with E-state index >= 15 is 0 Å². The molecule has 9 nitrogen and oxygen atoms in total. The molecule has 2 aliphatic heterocycles. The van der Waals surface area contributed by atoms with E-state index in [-0.39, 0.29) is 6.42 Å². The number of aromatic nitrogens is 3. The monoisotopic (exact) mass is 627 g/mol. The van der Waals surface area contributed by atoms with Crippen LogP contribution in [0, 0.1) is 20.8 Å². The Kier molecular flexibility index (Phi) is 11.4. The predicted molar refractivity (Wildman–Crippen MR) is 186 cm³/mol. The van der Waals surface area contributed by atoms with Crippen molar-refractivity contribution in [2.75, 3.05) is 44.3 Å². The third-order valence-corrected chi connectivity index (χ3v) is 8.15. The summed E-state index contributed by atoms with van der Waals surface area (Å²) in [6.07, 6.45) is 4.73. The van der Waals surface area contributed by atoms with Gasteiger partial charge in [-0.3, -0.25) is 9.69 Å². The normalized spacial score (nSPS) is 14.7. The van der Waals surface area contributed by atoms with Gasteiger partial charge in [0, 0.05) is 56.2 Å². The van der Waals surface area contributed by atoms with Gasteiger partial charge in [-0.15, -0.1) is 13.2 Å². The molecule has 0 unspecified atom stereocenters. The first kappa shape index (κ1) is 34.8. The van der Waals surface area contributed by atoms with Crippen molar-refractivity contribution in [1.82, 2.24) is 19.4 Å². The molecule has 4 aromatic rings. The highest BCUT2D eigenvalue weighted by molar-refractivity contribution is 6.08. The number of carboxylic acid groups (broad SMARTS) is 1. The molecule has 0 saturated carbocycles. The summed E-state index contributed by atoms with van der Waals surface area (Å²) < 4.78 is 7.81. The molecule has 0 amide bonds.